The van der Waals surface area contributed by atoms with Crippen molar-refractivity contribution >= 4 is 11.0 Å². The number of halogens is 1. The molecule has 4 nitrogen and oxygen atoms in total. The van der Waals surface area contributed by atoms with E-state index >= 15 is 0 Å². The Morgan fingerprint density at radius 3 is 2.87 bits per heavy atom. The fraction of sp³-hybridized carbons (Fsp3) is 0.300. The van der Waals surface area contributed by atoms with E-state index in [0.717, 1.165) is 13.1 Å². The Balaban J connectivity index is 2.29. The van der Waals surface area contributed by atoms with Crippen LogP contribution in [0.1, 0.15) is 6.04 Å². The Bertz CT molecular complexity index is 568. The quantitative estimate of drug-likeness (QED) is 0.720. The van der Waals surface area contributed by atoms with Crippen molar-refractivity contribution < 1.29 is 4.39 Å². The Morgan fingerprint density at radius 1 is 1.40 bits per heavy atom. The third kappa shape index (κ3) is 1.20. The van der Waals surface area contributed by atoms with Gasteiger partial charge in [0.15, 0.2) is 0 Å². The van der Waals surface area contributed by atoms with Gasteiger partial charge in [-0.05, 0) is 18.2 Å². The SMILES string of the molecule is O=c1[nH]c2ccc(F)cc2n1C1CNC1. The van der Waals surface area contributed by atoms with Crippen LogP contribution in [0.25, 0.3) is 11.0 Å². The van der Waals surface area contributed by atoms with Gasteiger partial charge in [0.25, 0.3) is 0 Å². The maximum atomic E-state index is 13.1. The molecule has 0 aliphatic carbocycles. The highest BCUT2D eigenvalue weighted by Crippen LogP contribution is 2.18. The molecule has 1 fully saturated rings. The number of hydrogen-bond acceptors (Lipinski definition) is 2. The lowest BCUT2D eigenvalue weighted by molar-refractivity contribution is 0.344. The predicted octanol–water partition coefficient (Wildman–Crippen LogP) is 0.613. The van der Waals surface area contributed by atoms with E-state index in [9.17, 15) is 9.18 Å². The molecule has 5 heteroatoms. The molecule has 1 saturated heterocycles. The molecule has 1 aromatic heterocycles. The number of benzene rings is 1. The lowest BCUT2D eigenvalue weighted by Gasteiger charge is -2.28. The zero-order valence-electron chi connectivity index (χ0n) is 7.96. The monoisotopic (exact) mass is 207 g/mol. The minimum atomic E-state index is -0.317. The van der Waals surface area contributed by atoms with Crippen LogP contribution in [-0.2, 0) is 0 Å². The van der Waals surface area contributed by atoms with E-state index in [1.807, 2.05) is 0 Å². The minimum absolute atomic E-state index is 0.146. The van der Waals surface area contributed by atoms with Crippen LogP contribution in [0, 0.1) is 5.82 Å². The fourth-order valence-electron chi connectivity index (χ4n) is 1.91. The first-order chi connectivity index (χ1) is 7.25. The number of aromatic amines is 1. The highest BCUT2D eigenvalue weighted by atomic mass is 19.1. The molecule has 2 aromatic rings. The molecule has 78 valence electrons. The smallest absolute Gasteiger partial charge is 0.313 e. The number of hydrogen-bond donors (Lipinski definition) is 2. The number of nitrogens with one attached hydrogen (secondary N) is 2. The van der Waals surface area contributed by atoms with Gasteiger partial charge in [0.2, 0.25) is 0 Å². The molecule has 1 aromatic carbocycles. The van der Waals surface area contributed by atoms with Crippen molar-refractivity contribution in [2.75, 3.05) is 13.1 Å². The summed E-state index contributed by atoms with van der Waals surface area (Å²) in [6.07, 6.45) is 0. The Hall–Kier alpha value is -1.62. The molecule has 0 atom stereocenters. The third-order valence-electron chi connectivity index (χ3n) is 2.80. The van der Waals surface area contributed by atoms with Crippen LogP contribution < -0.4 is 11.0 Å². The number of rotatable bonds is 1. The molecular formula is C10H10FN3O. The van der Waals surface area contributed by atoms with Crippen LogP contribution in [0.4, 0.5) is 4.39 Å². The molecule has 0 bridgehead atoms. The van der Waals surface area contributed by atoms with E-state index < -0.39 is 0 Å². The Kier molecular flexibility index (Phi) is 1.70. The van der Waals surface area contributed by atoms with Crippen LogP contribution in [-0.4, -0.2) is 22.6 Å². The Labute approximate surface area is 84.7 Å². The molecule has 2 N–H and O–H groups in total. The van der Waals surface area contributed by atoms with E-state index in [0.29, 0.717) is 11.0 Å². The molecule has 3 rings (SSSR count). The van der Waals surface area contributed by atoms with Gasteiger partial charge in [-0.3, -0.25) is 4.57 Å². The predicted molar refractivity (Wildman–Crippen MR) is 54.4 cm³/mol. The van der Waals surface area contributed by atoms with Crippen molar-refractivity contribution in [3.63, 3.8) is 0 Å². The highest BCUT2D eigenvalue weighted by molar-refractivity contribution is 5.75. The van der Waals surface area contributed by atoms with E-state index in [2.05, 4.69) is 10.3 Å². The zero-order chi connectivity index (χ0) is 10.4. The van der Waals surface area contributed by atoms with Crippen molar-refractivity contribution in [1.29, 1.82) is 0 Å². The maximum absolute atomic E-state index is 13.1. The lowest BCUT2D eigenvalue weighted by Crippen LogP contribution is -2.46. The van der Waals surface area contributed by atoms with Gasteiger partial charge in [0.05, 0.1) is 17.1 Å². The van der Waals surface area contributed by atoms with E-state index in [1.165, 1.54) is 12.1 Å². The summed E-state index contributed by atoms with van der Waals surface area (Å²) in [5, 5.41) is 3.09. The van der Waals surface area contributed by atoms with Gasteiger partial charge in [-0.15, -0.1) is 0 Å². The molecule has 1 aliphatic rings. The summed E-state index contributed by atoms with van der Waals surface area (Å²) in [7, 11) is 0. The second kappa shape index (κ2) is 2.93. The number of aromatic nitrogens is 2. The summed E-state index contributed by atoms with van der Waals surface area (Å²) in [6.45, 7) is 1.53. The first-order valence-electron chi connectivity index (χ1n) is 4.86. The number of fused-ring (bicyclic) bond motifs is 1. The second-order valence-electron chi connectivity index (χ2n) is 3.77. The largest absolute Gasteiger partial charge is 0.326 e. The summed E-state index contributed by atoms with van der Waals surface area (Å²) in [5.41, 5.74) is 1.17. The van der Waals surface area contributed by atoms with E-state index in [-0.39, 0.29) is 17.5 Å². The molecule has 0 amide bonds. The maximum Gasteiger partial charge on any atom is 0.326 e. The molecule has 0 spiro atoms. The molecule has 1 aliphatic heterocycles. The summed E-state index contributed by atoms with van der Waals surface area (Å²) in [6, 6.07) is 4.48. The zero-order valence-corrected chi connectivity index (χ0v) is 7.96. The van der Waals surface area contributed by atoms with E-state index in [4.69, 9.17) is 0 Å². The normalized spacial score (nSPS) is 16.9. The minimum Gasteiger partial charge on any atom is -0.313 e. The standard InChI is InChI=1S/C10H10FN3O/c11-6-1-2-8-9(3-6)14(10(15)13-8)7-4-12-5-7/h1-3,7,12H,4-5H2,(H,13,15). The molecule has 0 saturated carbocycles. The summed E-state index contributed by atoms with van der Waals surface area (Å²) >= 11 is 0. The lowest BCUT2D eigenvalue weighted by atomic mass is 10.1. The summed E-state index contributed by atoms with van der Waals surface area (Å²) in [5.74, 6) is -0.317. The molecule has 0 unspecified atom stereocenters. The van der Waals surface area contributed by atoms with Gasteiger partial charge in [0.1, 0.15) is 5.82 Å². The fourth-order valence-corrected chi connectivity index (χ4v) is 1.91. The number of imidazole rings is 1. The topological polar surface area (TPSA) is 49.8 Å². The van der Waals surface area contributed by atoms with Gasteiger partial charge in [-0.1, -0.05) is 0 Å². The van der Waals surface area contributed by atoms with Crippen LogP contribution >= 0.6 is 0 Å². The van der Waals surface area contributed by atoms with Gasteiger partial charge in [-0.2, -0.15) is 0 Å². The van der Waals surface area contributed by atoms with Crippen molar-refractivity contribution in [3.8, 4) is 0 Å². The van der Waals surface area contributed by atoms with Crippen molar-refractivity contribution in [2.24, 2.45) is 0 Å². The summed E-state index contributed by atoms with van der Waals surface area (Å²) < 4.78 is 14.7. The van der Waals surface area contributed by atoms with Gasteiger partial charge >= 0.3 is 5.69 Å². The molecule has 2 heterocycles. The Morgan fingerprint density at radius 2 is 2.20 bits per heavy atom. The molecular weight excluding hydrogens is 197 g/mol. The first kappa shape index (κ1) is 8.67. The average Bonchev–Trinajstić information content (AvgIpc) is 2.42. The second-order valence-corrected chi connectivity index (χ2v) is 3.77. The van der Waals surface area contributed by atoms with Crippen LogP contribution in [0.2, 0.25) is 0 Å². The van der Waals surface area contributed by atoms with Gasteiger partial charge in [-0.25, -0.2) is 9.18 Å². The van der Waals surface area contributed by atoms with Crippen molar-refractivity contribution in [2.45, 2.75) is 6.04 Å². The van der Waals surface area contributed by atoms with E-state index in [1.54, 1.807) is 10.6 Å². The first-order valence-corrected chi connectivity index (χ1v) is 4.86. The third-order valence-corrected chi connectivity index (χ3v) is 2.80. The number of nitrogens with zero attached hydrogens (tertiary/aromatic N) is 1. The summed E-state index contributed by atoms with van der Waals surface area (Å²) in [4.78, 5) is 14.4. The highest BCUT2D eigenvalue weighted by Gasteiger charge is 2.22. The van der Waals surface area contributed by atoms with Crippen LogP contribution in [0.15, 0.2) is 23.0 Å². The number of H-pyrrole nitrogens is 1. The van der Waals surface area contributed by atoms with Crippen molar-refractivity contribution in [1.82, 2.24) is 14.9 Å². The van der Waals surface area contributed by atoms with Gasteiger partial charge in [0, 0.05) is 13.1 Å². The van der Waals surface area contributed by atoms with Crippen LogP contribution in [0.5, 0.6) is 0 Å². The van der Waals surface area contributed by atoms with Gasteiger partial charge < -0.3 is 10.3 Å². The molecule has 0 radical (unpaired) electrons. The molecule has 15 heavy (non-hydrogen) atoms. The van der Waals surface area contributed by atoms with Crippen molar-refractivity contribution in [3.05, 3.63) is 34.5 Å². The average molecular weight is 207 g/mol. The van der Waals surface area contributed by atoms with Crippen LogP contribution in [0.3, 0.4) is 0 Å².